The zero-order valence-corrected chi connectivity index (χ0v) is 12.3. The predicted octanol–water partition coefficient (Wildman–Crippen LogP) is 2.20. The minimum absolute atomic E-state index is 0.227. The summed E-state index contributed by atoms with van der Waals surface area (Å²) < 4.78 is 0. The molecule has 0 saturated heterocycles. The van der Waals surface area contributed by atoms with Crippen molar-refractivity contribution < 1.29 is 0 Å². The number of aromatic nitrogens is 2. The van der Waals surface area contributed by atoms with Crippen LogP contribution in [0.1, 0.15) is 32.0 Å². The van der Waals surface area contributed by atoms with Crippen LogP contribution in [0.2, 0.25) is 5.15 Å². The molecular weight excluding hydrogens is 250 g/mol. The van der Waals surface area contributed by atoms with Crippen molar-refractivity contribution in [2.75, 3.05) is 38.2 Å². The molecule has 0 fully saturated rings. The lowest BCUT2D eigenvalue weighted by molar-refractivity contribution is 0.405. The van der Waals surface area contributed by atoms with Crippen LogP contribution in [0.15, 0.2) is 0 Å². The molecule has 1 rings (SSSR count). The van der Waals surface area contributed by atoms with E-state index in [0.29, 0.717) is 22.5 Å². The molecule has 18 heavy (non-hydrogen) atoms. The maximum absolute atomic E-state index is 6.00. The smallest absolute Gasteiger partial charge is 0.157 e. The molecule has 0 spiro atoms. The minimum Gasteiger partial charge on any atom is -0.393 e. The van der Waals surface area contributed by atoms with E-state index in [2.05, 4.69) is 20.2 Å². The summed E-state index contributed by atoms with van der Waals surface area (Å²) in [4.78, 5) is 10.7. The van der Waals surface area contributed by atoms with Gasteiger partial charge in [0.05, 0.1) is 0 Å². The highest BCUT2D eigenvalue weighted by atomic mass is 35.5. The van der Waals surface area contributed by atoms with E-state index >= 15 is 0 Å². The van der Waals surface area contributed by atoms with E-state index in [4.69, 9.17) is 17.3 Å². The van der Waals surface area contributed by atoms with Crippen LogP contribution < -0.4 is 11.1 Å². The molecule has 0 aliphatic rings. The Balaban J connectivity index is 2.69. The van der Waals surface area contributed by atoms with Crippen molar-refractivity contribution in [2.45, 2.75) is 26.2 Å². The van der Waals surface area contributed by atoms with E-state index in [1.165, 1.54) is 0 Å². The van der Waals surface area contributed by atoms with Crippen LogP contribution in [0.4, 0.5) is 11.5 Å². The molecule has 0 aliphatic carbocycles. The van der Waals surface area contributed by atoms with Crippen LogP contribution in [0.5, 0.6) is 0 Å². The summed E-state index contributed by atoms with van der Waals surface area (Å²) in [7, 11) is 4.10. The molecule has 5 nitrogen and oxygen atoms in total. The lowest BCUT2D eigenvalue weighted by Crippen LogP contribution is -2.17. The lowest BCUT2D eigenvalue weighted by Gasteiger charge is -2.13. The van der Waals surface area contributed by atoms with Gasteiger partial charge in [-0.2, -0.15) is 0 Å². The normalized spacial score (nSPS) is 11.3. The molecule has 0 radical (unpaired) electrons. The van der Waals surface area contributed by atoms with Crippen LogP contribution in [-0.2, 0) is 0 Å². The number of hydrogen-bond acceptors (Lipinski definition) is 5. The Hall–Kier alpha value is -1.07. The Morgan fingerprint density at radius 3 is 2.56 bits per heavy atom. The molecule has 0 amide bonds. The molecule has 3 N–H and O–H groups in total. The monoisotopic (exact) mass is 271 g/mol. The van der Waals surface area contributed by atoms with Gasteiger partial charge in [-0.1, -0.05) is 25.4 Å². The summed E-state index contributed by atoms with van der Waals surface area (Å²) in [5.41, 5.74) is 6.29. The van der Waals surface area contributed by atoms with E-state index in [9.17, 15) is 0 Å². The minimum atomic E-state index is 0.227. The fourth-order valence-corrected chi connectivity index (χ4v) is 1.63. The average molecular weight is 272 g/mol. The number of rotatable bonds is 6. The van der Waals surface area contributed by atoms with Gasteiger partial charge in [-0.25, -0.2) is 9.97 Å². The highest BCUT2D eigenvalue weighted by Crippen LogP contribution is 2.25. The third-order valence-corrected chi connectivity index (χ3v) is 2.80. The first-order chi connectivity index (χ1) is 8.41. The summed E-state index contributed by atoms with van der Waals surface area (Å²) in [6, 6.07) is 0. The molecule has 0 aliphatic heterocycles. The Labute approximate surface area is 114 Å². The average Bonchev–Trinajstić information content (AvgIpc) is 2.28. The number of hydrogen-bond donors (Lipinski definition) is 2. The van der Waals surface area contributed by atoms with E-state index in [-0.39, 0.29) is 5.92 Å². The summed E-state index contributed by atoms with van der Waals surface area (Å²) >= 11 is 6.00. The number of nitrogens with one attached hydrogen (secondary N) is 1. The molecule has 102 valence electrons. The van der Waals surface area contributed by atoms with Gasteiger partial charge < -0.3 is 16.0 Å². The van der Waals surface area contributed by atoms with Gasteiger partial charge in [0.2, 0.25) is 0 Å². The highest BCUT2D eigenvalue weighted by Gasteiger charge is 2.12. The highest BCUT2D eigenvalue weighted by molar-refractivity contribution is 6.32. The van der Waals surface area contributed by atoms with Gasteiger partial charge in [0.15, 0.2) is 11.0 Å². The molecule has 1 aromatic rings. The first-order valence-corrected chi connectivity index (χ1v) is 6.51. The number of anilines is 2. The first kappa shape index (κ1) is 15.0. The van der Waals surface area contributed by atoms with Crippen LogP contribution in [0, 0.1) is 0 Å². The predicted molar refractivity (Wildman–Crippen MR) is 77.2 cm³/mol. The molecule has 0 bridgehead atoms. The molecule has 1 heterocycles. The molecule has 0 atom stereocenters. The van der Waals surface area contributed by atoms with E-state index in [1.807, 2.05) is 27.9 Å². The molecular formula is C12H22ClN5. The molecule has 0 saturated carbocycles. The van der Waals surface area contributed by atoms with Crippen molar-refractivity contribution in [3.05, 3.63) is 11.0 Å². The van der Waals surface area contributed by atoms with Crippen LogP contribution in [0.25, 0.3) is 0 Å². The van der Waals surface area contributed by atoms with Gasteiger partial charge in [-0.3, -0.25) is 0 Å². The Morgan fingerprint density at radius 2 is 2.00 bits per heavy atom. The zero-order chi connectivity index (χ0) is 13.7. The molecule has 0 aromatic carbocycles. The van der Waals surface area contributed by atoms with Gasteiger partial charge in [-0.05, 0) is 27.1 Å². The third kappa shape index (κ3) is 4.31. The second kappa shape index (κ2) is 6.75. The SMILES string of the molecule is CC(C)c1nc(Cl)c(N)c(NCCCN(C)C)n1. The molecule has 6 heteroatoms. The first-order valence-electron chi connectivity index (χ1n) is 6.13. The van der Waals surface area contributed by atoms with E-state index in [1.54, 1.807) is 0 Å². The summed E-state index contributed by atoms with van der Waals surface area (Å²) in [5.74, 6) is 1.58. The molecule has 0 unspecified atom stereocenters. The second-order valence-electron chi connectivity index (χ2n) is 4.87. The topological polar surface area (TPSA) is 67.1 Å². The maximum atomic E-state index is 6.00. The van der Waals surface area contributed by atoms with Gasteiger partial charge in [0.1, 0.15) is 11.5 Å². The maximum Gasteiger partial charge on any atom is 0.157 e. The van der Waals surface area contributed by atoms with Crippen LogP contribution >= 0.6 is 11.6 Å². The van der Waals surface area contributed by atoms with Crippen molar-refractivity contribution in [1.29, 1.82) is 0 Å². The van der Waals surface area contributed by atoms with Crippen molar-refractivity contribution in [2.24, 2.45) is 0 Å². The standard InChI is InChI=1S/C12H22ClN5/c1-8(2)11-16-10(13)9(14)12(17-11)15-6-5-7-18(3)4/h8H,5-7,14H2,1-4H3,(H,15,16,17). The van der Waals surface area contributed by atoms with Gasteiger partial charge in [0.25, 0.3) is 0 Å². The largest absolute Gasteiger partial charge is 0.393 e. The number of nitrogen functional groups attached to an aromatic ring is 1. The lowest BCUT2D eigenvalue weighted by atomic mass is 10.2. The Bertz CT molecular complexity index is 392. The number of nitrogens with two attached hydrogens (primary N) is 1. The van der Waals surface area contributed by atoms with Gasteiger partial charge in [0, 0.05) is 12.5 Å². The fraction of sp³-hybridized carbons (Fsp3) is 0.667. The second-order valence-corrected chi connectivity index (χ2v) is 5.23. The summed E-state index contributed by atoms with van der Waals surface area (Å²) in [6.07, 6.45) is 1.02. The molecule has 1 aromatic heterocycles. The van der Waals surface area contributed by atoms with Crippen LogP contribution in [-0.4, -0.2) is 42.1 Å². The zero-order valence-electron chi connectivity index (χ0n) is 11.5. The number of nitrogens with zero attached hydrogens (tertiary/aromatic N) is 3. The number of halogens is 1. The van der Waals surface area contributed by atoms with Gasteiger partial charge in [-0.15, -0.1) is 0 Å². The fourth-order valence-electron chi connectivity index (χ4n) is 1.45. The third-order valence-electron chi connectivity index (χ3n) is 2.51. The van der Waals surface area contributed by atoms with E-state index in [0.717, 1.165) is 19.5 Å². The summed E-state index contributed by atoms with van der Waals surface area (Å²) in [6.45, 7) is 5.88. The Kier molecular flexibility index (Phi) is 5.62. The van der Waals surface area contributed by atoms with Crippen molar-refractivity contribution in [3.63, 3.8) is 0 Å². The summed E-state index contributed by atoms with van der Waals surface area (Å²) in [5, 5.41) is 3.54. The van der Waals surface area contributed by atoms with Crippen molar-refractivity contribution in [1.82, 2.24) is 14.9 Å². The van der Waals surface area contributed by atoms with Crippen LogP contribution in [0.3, 0.4) is 0 Å². The van der Waals surface area contributed by atoms with Crippen molar-refractivity contribution >= 4 is 23.1 Å². The van der Waals surface area contributed by atoms with E-state index < -0.39 is 0 Å². The van der Waals surface area contributed by atoms with Gasteiger partial charge >= 0.3 is 0 Å². The Morgan fingerprint density at radius 1 is 1.33 bits per heavy atom. The van der Waals surface area contributed by atoms with Crippen molar-refractivity contribution in [3.8, 4) is 0 Å². The quantitative estimate of drug-likeness (QED) is 0.613.